The average molecular weight is 371 g/mol. The maximum atomic E-state index is 5.49. The lowest BCUT2D eigenvalue weighted by molar-refractivity contribution is 0.502. The molecule has 25 heavy (non-hydrogen) atoms. The molecule has 0 unspecified atom stereocenters. The predicted molar refractivity (Wildman–Crippen MR) is 108 cm³/mol. The van der Waals surface area contributed by atoms with Crippen LogP contribution in [-0.4, -0.2) is 5.11 Å². The number of hydrogen-bond donors (Lipinski definition) is 2. The van der Waals surface area contributed by atoms with Gasteiger partial charge in [-0.1, -0.05) is 43.7 Å². The van der Waals surface area contributed by atoms with Gasteiger partial charge in [-0.2, -0.15) is 0 Å². The minimum atomic E-state index is 0.0484. The second-order valence-electron chi connectivity index (χ2n) is 5.85. The summed E-state index contributed by atoms with van der Waals surface area (Å²) in [6.45, 7) is 2.78. The lowest BCUT2D eigenvalue weighted by Crippen LogP contribution is -2.37. The van der Waals surface area contributed by atoms with Crippen molar-refractivity contribution < 1.29 is 4.42 Å². The number of hydrogen-bond acceptors (Lipinski definition) is 3. The molecular weight excluding hydrogens is 348 g/mol. The van der Waals surface area contributed by atoms with Crippen LogP contribution in [0.4, 0.5) is 0 Å². The van der Waals surface area contributed by atoms with Gasteiger partial charge in [-0.25, -0.2) is 0 Å². The molecule has 0 aliphatic heterocycles. The molecule has 0 spiro atoms. The second kappa shape index (κ2) is 8.83. The van der Waals surface area contributed by atoms with Crippen molar-refractivity contribution in [2.45, 2.75) is 32.4 Å². The third-order valence-electron chi connectivity index (χ3n) is 3.96. The molecule has 3 aromatic rings. The van der Waals surface area contributed by atoms with Crippen molar-refractivity contribution in [2.24, 2.45) is 0 Å². The van der Waals surface area contributed by atoms with Gasteiger partial charge in [0.2, 0.25) is 0 Å². The number of thiophene rings is 1. The average Bonchev–Trinajstić information content (AvgIpc) is 3.33. The molecule has 1 atom stereocenters. The zero-order valence-electron chi connectivity index (χ0n) is 14.2. The smallest absolute Gasteiger partial charge is 0.167 e. The van der Waals surface area contributed by atoms with Gasteiger partial charge in [-0.3, -0.25) is 0 Å². The fourth-order valence-corrected chi connectivity index (χ4v) is 3.69. The van der Waals surface area contributed by atoms with E-state index in [2.05, 4.69) is 59.3 Å². The van der Waals surface area contributed by atoms with E-state index in [1.165, 1.54) is 16.0 Å². The third-order valence-corrected chi connectivity index (χ3v) is 5.16. The van der Waals surface area contributed by atoms with Crippen LogP contribution in [0.25, 0.3) is 0 Å². The topological polar surface area (TPSA) is 37.2 Å². The Morgan fingerprint density at radius 3 is 2.64 bits per heavy atom. The van der Waals surface area contributed by atoms with Crippen molar-refractivity contribution in [3.8, 4) is 0 Å². The molecule has 3 nitrogen and oxygen atoms in total. The fourth-order valence-electron chi connectivity index (χ4n) is 2.70. The Balaban J connectivity index is 1.70. The van der Waals surface area contributed by atoms with Crippen molar-refractivity contribution in [3.05, 3.63) is 81.9 Å². The first kappa shape index (κ1) is 17.7. The van der Waals surface area contributed by atoms with E-state index < -0.39 is 0 Å². The number of thiocarbonyl (C=S) groups is 1. The van der Waals surface area contributed by atoms with Gasteiger partial charge in [0.25, 0.3) is 0 Å². The summed E-state index contributed by atoms with van der Waals surface area (Å²) < 4.78 is 5.33. The standard InChI is InChI=1S/C20H22N2OS2/c1-2-5-15-8-10-16(11-9-15)19(18-7-4-13-25-18)22-20(24)21-14-17-6-3-12-23-17/h3-4,6-13,19H,2,5,14H2,1H3,(H2,21,22,24)/t19-/m0/s1. The molecule has 0 aliphatic carbocycles. The van der Waals surface area contributed by atoms with Gasteiger partial charge in [0, 0.05) is 4.88 Å². The molecule has 130 valence electrons. The van der Waals surface area contributed by atoms with Gasteiger partial charge in [0.1, 0.15) is 5.76 Å². The van der Waals surface area contributed by atoms with Crippen LogP contribution in [0.3, 0.4) is 0 Å². The van der Waals surface area contributed by atoms with E-state index in [1.807, 2.05) is 12.1 Å². The Hall–Kier alpha value is -2.11. The molecule has 0 amide bonds. The van der Waals surface area contributed by atoms with Crippen LogP contribution in [-0.2, 0) is 13.0 Å². The van der Waals surface area contributed by atoms with Crippen molar-refractivity contribution in [3.63, 3.8) is 0 Å². The molecule has 0 bridgehead atoms. The summed E-state index contributed by atoms with van der Waals surface area (Å²) in [6.07, 6.45) is 3.94. The molecule has 2 N–H and O–H groups in total. The number of aryl methyl sites for hydroxylation is 1. The molecule has 0 radical (unpaired) electrons. The Bertz CT molecular complexity index is 765. The fraction of sp³-hybridized carbons (Fsp3) is 0.250. The lowest BCUT2D eigenvalue weighted by Gasteiger charge is -2.20. The number of rotatable bonds is 7. The maximum Gasteiger partial charge on any atom is 0.167 e. The summed E-state index contributed by atoms with van der Waals surface area (Å²) in [5.74, 6) is 0.862. The number of nitrogens with one attached hydrogen (secondary N) is 2. The normalized spacial score (nSPS) is 11.9. The Kier molecular flexibility index (Phi) is 6.25. The van der Waals surface area contributed by atoms with E-state index in [0.717, 1.165) is 18.6 Å². The summed E-state index contributed by atoms with van der Waals surface area (Å²) in [4.78, 5) is 1.24. The van der Waals surface area contributed by atoms with Crippen LogP contribution in [0.2, 0.25) is 0 Å². The molecule has 0 fully saturated rings. The highest BCUT2D eigenvalue weighted by molar-refractivity contribution is 7.80. The van der Waals surface area contributed by atoms with Gasteiger partial charge in [0.15, 0.2) is 5.11 Å². The molecule has 1 aromatic carbocycles. The van der Waals surface area contributed by atoms with Gasteiger partial charge in [-0.05, 0) is 53.3 Å². The quantitative estimate of drug-likeness (QED) is 0.571. The first-order valence-electron chi connectivity index (χ1n) is 8.45. The lowest BCUT2D eigenvalue weighted by atomic mass is 10.0. The minimum absolute atomic E-state index is 0.0484. The SMILES string of the molecule is CCCc1ccc([C@H](NC(=S)NCc2ccco2)c2cccs2)cc1. The first-order valence-corrected chi connectivity index (χ1v) is 9.74. The largest absolute Gasteiger partial charge is 0.467 e. The molecule has 2 aromatic heterocycles. The van der Waals surface area contributed by atoms with E-state index in [-0.39, 0.29) is 6.04 Å². The van der Waals surface area contributed by atoms with Crippen LogP contribution in [0, 0.1) is 0 Å². The van der Waals surface area contributed by atoms with Crippen LogP contribution < -0.4 is 10.6 Å². The third kappa shape index (κ3) is 4.94. The van der Waals surface area contributed by atoms with Gasteiger partial charge >= 0.3 is 0 Å². The van der Waals surface area contributed by atoms with Crippen LogP contribution >= 0.6 is 23.6 Å². The molecule has 0 saturated heterocycles. The zero-order chi connectivity index (χ0) is 17.5. The van der Waals surface area contributed by atoms with Crippen LogP contribution in [0.15, 0.2) is 64.6 Å². The highest BCUT2D eigenvalue weighted by Crippen LogP contribution is 2.26. The monoisotopic (exact) mass is 370 g/mol. The molecule has 2 heterocycles. The van der Waals surface area contributed by atoms with E-state index in [0.29, 0.717) is 11.7 Å². The molecular formula is C20H22N2OS2. The van der Waals surface area contributed by atoms with Crippen LogP contribution in [0.5, 0.6) is 0 Å². The van der Waals surface area contributed by atoms with E-state index in [4.69, 9.17) is 16.6 Å². The highest BCUT2D eigenvalue weighted by atomic mass is 32.1. The molecule has 0 aliphatic rings. The Morgan fingerprint density at radius 2 is 2.00 bits per heavy atom. The van der Waals surface area contributed by atoms with Crippen molar-refractivity contribution in [1.82, 2.24) is 10.6 Å². The van der Waals surface area contributed by atoms with Crippen molar-refractivity contribution in [1.29, 1.82) is 0 Å². The Labute approximate surface area is 158 Å². The van der Waals surface area contributed by atoms with Crippen LogP contribution in [0.1, 0.15) is 41.2 Å². The first-order chi connectivity index (χ1) is 12.3. The summed E-state index contributed by atoms with van der Waals surface area (Å²) >= 11 is 7.22. The zero-order valence-corrected chi connectivity index (χ0v) is 15.8. The highest BCUT2D eigenvalue weighted by Gasteiger charge is 2.16. The van der Waals surface area contributed by atoms with E-state index in [9.17, 15) is 0 Å². The van der Waals surface area contributed by atoms with Gasteiger partial charge in [0.05, 0.1) is 18.8 Å². The minimum Gasteiger partial charge on any atom is -0.467 e. The van der Waals surface area contributed by atoms with Crippen molar-refractivity contribution >= 4 is 28.7 Å². The van der Waals surface area contributed by atoms with E-state index in [1.54, 1.807) is 17.6 Å². The summed E-state index contributed by atoms with van der Waals surface area (Å²) in [6, 6.07) is 16.9. The maximum absolute atomic E-state index is 5.49. The Morgan fingerprint density at radius 1 is 1.16 bits per heavy atom. The summed E-state index contributed by atoms with van der Waals surface area (Å²) in [5.41, 5.74) is 2.58. The molecule has 0 saturated carbocycles. The number of furan rings is 1. The van der Waals surface area contributed by atoms with Gasteiger partial charge in [-0.15, -0.1) is 11.3 Å². The molecule has 3 rings (SSSR count). The van der Waals surface area contributed by atoms with E-state index >= 15 is 0 Å². The second-order valence-corrected chi connectivity index (χ2v) is 7.23. The summed E-state index contributed by atoms with van der Waals surface area (Å²) in [7, 11) is 0. The van der Waals surface area contributed by atoms with Crippen molar-refractivity contribution in [2.75, 3.05) is 0 Å². The molecule has 5 heteroatoms. The summed E-state index contributed by atoms with van der Waals surface area (Å²) in [5, 5.41) is 9.36. The number of benzene rings is 1. The van der Waals surface area contributed by atoms with Gasteiger partial charge < -0.3 is 15.1 Å². The predicted octanol–water partition coefficient (Wildman–Crippen LogP) is 5.05.